The smallest absolute Gasteiger partial charge is 0.347 e. The molecule has 2 aliphatic rings. The van der Waals surface area contributed by atoms with Crippen molar-refractivity contribution >= 4 is 44.1 Å². The van der Waals surface area contributed by atoms with E-state index in [1.54, 1.807) is 0 Å². The average Bonchev–Trinajstić information content (AvgIpc) is 3.40. The van der Waals surface area contributed by atoms with Crippen LogP contribution in [0.25, 0.3) is 42.9 Å². The van der Waals surface area contributed by atoms with Gasteiger partial charge < -0.3 is 14.6 Å². The number of aromatic nitrogens is 1. The third-order valence-corrected chi connectivity index (χ3v) is 8.93. The minimum absolute atomic E-state index is 0.144. The van der Waals surface area contributed by atoms with E-state index < -0.39 is 5.63 Å². The molecule has 1 amide bonds. The molecular formula is C32H29N3O3S. The molecule has 7 rings (SSSR count). The molecule has 2 aromatic heterocycles. The second-order valence-corrected chi connectivity index (χ2v) is 11.4. The highest BCUT2D eigenvalue weighted by molar-refractivity contribution is 7.21. The normalized spacial score (nSPS) is 14.5. The van der Waals surface area contributed by atoms with Crippen LogP contribution < -0.4 is 15.8 Å². The number of carbonyl (C=O) groups is 1. The van der Waals surface area contributed by atoms with Gasteiger partial charge in [0.1, 0.15) is 16.2 Å². The number of rotatable bonds is 5. The second-order valence-electron chi connectivity index (χ2n) is 10.4. The first-order valence-electron chi connectivity index (χ1n) is 13.8. The van der Waals surface area contributed by atoms with Gasteiger partial charge in [0.05, 0.1) is 10.2 Å². The van der Waals surface area contributed by atoms with Gasteiger partial charge >= 0.3 is 5.63 Å². The van der Waals surface area contributed by atoms with Crippen LogP contribution in [0, 0.1) is 0 Å². The maximum absolute atomic E-state index is 14.0. The Balaban J connectivity index is 1.59. The van der Waals surface area contributed by atoms with Gasteiger partial charge in [-0.1, -0.05) is 37.3 Å². The van der Waals surface area contributed by atoms with Crippen molar-refractivity contribution in [2.45, 2.75) is 39.0 Å². The highest BCUT2D eigenvalue weighted by Crippen LogP contribution is 2.45. The van der Waals surface area contributed by atoms with Crippen LogP contribution in [0.4, 0.5) is 5.69 Å². The number of benzene rings is 3. The zero-order valence-electron chi connectivity index (χ0n) is 21.9. The van der Waals surface area contributed by atoms with Gasteiger partial charge in [0.15, 0.2) is 0 Å². The van der Waals surface area contributed by atoms with Crippen molar-refractivity contribution in [2.24, 2.45) is 0 Å². The van der Waals surface area contributed by atoms with Crippen molar-refractivity contribution in [1.82, 2.24) is 10.3 Å². The summed E-state index contributed by atoms with van der Waals surface area (Å²) in [6.45, 7) is 4.69. The first-order chi connectivity index (χ1) is 19.1. The molecule has 0 bridgehead atoms. The Bertz CT molecular complexity index is 1780. The Morgan fingerprint density at radius 3 is 2.69 bits per heavy atom. The lowest BCUT2D eigenvalue weighted by atomic mass is 9.86. The summed E-state index contributed by atoms with van der Waals surface area (Å²) >= 11 is 1.48. The highest BCUT2D eigenvalue weighted by Gasteiger charge is 2.31. The van der Waals surface area contributed by atoms with E-state index in [0.717, 1.165) is 77.5 Å². The third kappa shape index (κ3) is 3.95. The summed E-state index contributed by atoms with van der Waals surface area (Å²) in [5.41, 5.74) is 7.18. The number of anilines is 1. The molecule has 0 atom stereocenters. The van der Waals surface area contributed by atoms with Crippen molar-refractivity contribution in [2.75, 3.05) is 24.5 Å². The molecule has 0 saturated carbocycles. The lowest BCUT2D eigenvalue weighted by Crippen LogP contribution is -2.34. The van der Waals surface area contributed by atoms with Gasteiger partial charge in [0.2, 0.25) is 0 Å². The lowest BCUT2D eigenvalue weighted by molar-refractivity contribution is 0.0954. The van der Waals surface area contributed by atoms with Crippen LogP contribution in [0.5, 0.6) is 0 Å². The molecule has 0 saturated heterocycles. The number of nitrogens with zero attached hydrogens (tertiary/aromatic N) is 2. The van der Waals surface area contributed by atoms with Crippen molar-refractivity contribution in [1.29, 1.82) is 0 Å². The van der Waals surface area contributed by atoms with Crippen molar-refractivity contribution in [3.63, 3.8) is 0 Å². The Hall–Kier alpha value is -3.97. The molecule has 0 spiro atoms. The zero-order chi connectivity index (χ0) is 26.5. The number of hydrogen-bond acceptors (Lipinski definition) is 6. The molecule has 1 N–H and O–H groups in total. The number of hydrogen-bond donors (Lipinski definition) is 1. The fourth-order valence-electron chi connectivity index (χ4n) is 6.20. The summed E-state index contributed by atoms with van der Waals surface area (Å²) in [4.78, 5) is 34.7. The van der Waals surface area contributed by atoms with E-state index >= 15 is 0 Å². The highest BCUT2D eigenvalue weighted by atomic mass is 32.1. The van der Waals surface area contributed by atoms with E-state index in [4.69, 9.17) is 9.40 Å². The van der Waals surface area contributed by atoms with E-state index in [0.29, 0.717) is 28.3 Å². The summed E-state index contributed by atoms with van der Waals surface area (Å²) in [5, 5.41) is 4.53. The Kier molecular flexibility index (Phi) is 5.96. The van der Waals surface area contributed by atoms with E-state index in [9.17, 15) is 9.59 Å². The van der Waals surface area contributed by atoms with Crippen LogP contribution in [-0.2, 0) is 12.8 Å². The molecule has 7 heteroatoms. The maximum Gasteiger partial charge on any atom is 0.347 e. The number of amides is 1. The number of nitrogens with one attached hydrogen (secondary N) is 1. The molecule has 3 aromatic carbocycles. The number of para-hydroxylation sites is 1. The summed E-state index contributed by atoms with van der Waals surface area (Å²) < 4.78 is 7.23. The van der Waals surface area contributed by atoms with Gasteiger partial charge in [-0.2, -0.15) is 0 Å². The van der Waals surface area contributed by atoms with Gasteiger partial charge in [0.25, 0.3) is 5.91 Å². The number of thiazole rings is 1. The first-order valence-corrected chi connectivity index (χ1v) is 14.6. The van der Waals surface area contributed by atoms with Crippen LogP contribution >= 0.6 is 11.3 Å². The van der Waals surface area contributed by atoms with Crippen molar-refractivity contribution in [3.05, 3.63) is 81.7 Å². The van der Waals surface area contributed by atoms with Crippen molar-refractivity contribution in [3.8, 4) is 21.7 Å². The average molecular weight is 536 g/mol. The van der Waals surface area contributed by atoms with Gasteiger partial charge in [-0.25, -0.2) is 9.78 Å². The standard InChI is InChI=1S/C32H29N3O3S/c1-2-15-33-30(36)21-11-4-3-10-20(21)26-23-18-19-9-7-16-35-17-8-12-22(28(19)35)29(23)38-32(37)27(26)31-34-24-13-5-6-14-25(24)39-31/h3-6,10-11,13-14,18H,2,7-9,12,15-17H2,1H3,(H,33,36). The van der Waals surface area contributed by atoms with E-state index in [1.807, 2.05) is 55.5 Å². The molecule has 0 radical (unpaired) electrons. The van der Waals surface area contributed by atoms with Crippen LogP contribution in [0.3, 0.4) is 0 Å². The second kappa shape index (κ2) is 9.65. The van der Waals surface area contributed by atoms with E-state index in [1.165, 1.54) is 22.6 Å². The molecule has 5 aromatic rings. The lowest BCUT2D eigenvalue weighted by Gasteiger charge is -2.37. The van der Waals surface area contributed by atoms with Crippen LogP contribution in [-0.4, -0.2) is 30.5 Å². The van der Waals surface area contributed by atoms with Gasteiger partial charge in [-0.05, 0) is 67.5 Å². The minimum Gasteiger partial charge on any atom is -0.422 e. The molecule has 4 heterocycles. The number of fused-ring (bicyclic) bond motifs is 3. The molecule has 0 unspecified atom stereocenters. The Labute approximate surface area is 230 Å². The number of aryl methyl sites for hydroxylation is 2. The molecule has 0 fully saturated rings. The molecule has 196 valence electrons. The molecule has 39 heavy (non-hydrogen) atoms. The molecular weight excluding hydrogens is 506 g/mol. The molecule has 0 aliphatic carbocycles. The van der Waals surface area contributed by atoms with E-state index in [-0.39, 0.29) is 5.91 Å². The SMILES string of the molecule is CCCNC(=O)c1ccccc1-c1c(-c2nc3ccccc3s2)c(=O)oc2c3c4c(cc12)CCCN4CCC3. The van der Waals surface area contributed by atoms with Crippen LogP contribution in [0.2, 0.25) is 0 Å². The van der Waals surface area contributed by atoms with Gasteiger partial charge in [-0.3, -0.25) is 4.79 Å². The van der Waals surface area contributed by atoms with Crippen LogP contribution in [0.1, 0.15) is 47.7 Å². The van der Waals surface area contributed by atoms with Gasteiger partial charge in [0, 0.05) is 47.4 Å². The first kappa shape index (κ1) is 24.1. The van der Waals surface area contributed by atoms with Crippen molar-refractivity contribution < 1.29 is 9.21 Å². The maximum atomic E-state index is 14.0. The predicted molar refractivity (Wildman–Crippen MR) is 158 cm³/mol. The Morgan fingerprint density at radius 2 is 1.85 bits per heavy atom. The number of carbonyl (C=O) groups excluding carboxylic acids is 1. The summed E-state index contributed by atoms with van der Waals surface area (Å²) in [7, 11) is 0. The van der Waals surface area contributed by atoms with E-state index in [2.05, 4.69) is 16.3 Å². The van der Waals surface area contributed by atoms with Gasteiger partial charge in [-0.15, -0.1) is 11.3 Å². The Morgan fingerprint density at radius 1 is 1.05 bits per heavy atom. The molecule has 6 nitrogen and oxygen atoms in total. The summed E-state index contributed by atoms with van der Waals surface area (Å²) in [6, 6.07) is 17.7. The summed E-state index contributed by atoms with van der Waals surface area (Å²) in [6.07, 6.45) is 4.83. The zero-order valence-corrected chi connectivity index (χ0v) is 22.7. The fraction of sp³-hybridized carbons (Fsp3) is 0.281. The fourth-order valence-corrected chi connectivity index (χ4v) is 7.20. The third-order valence-electron chi connectivity index (χ3n) is 7.88. The largest absolute Gasteiger partial charge is 0.422 e. The quantitative estimate of drug-likeness (QED) is 0.258. The minimum atomic E-state index is -0.413. The topological polar surface area (TPSA) is 75.4 Å². The van der Waals surface area contributed by atoms with Crippen LogP contribution in [0.15, 0.2) is 63.8 Å². The molecule has 2 aliphatic heterocycles. The predicted octanol–water partition coefficient (Wildman–Crippen LogP) is 6.58. The monoisotopic (exact) mass is 535 g/mol. The summed E-state index contributed by atoms with van der Waals surface area (Å²) in [5.74, 6) is -0.144.